The van der Waals surface area contributed by atoms with Crippen LogP contribution in [0.3, 0.4) is 0 Å². The number of anilines is 1. The van der Waals surface area contributed by atoms with Gasteiger partial charge in [-0.3, -0.25) is 4.79 Å². The Kier molecular flexibility index (Phi) is 3.84. The molecular weight excluding hydrogens is 286 g/mol. The molecule has 0 heterocycles. The van der Waals surface area contributed by atoms with Crippen molar-refractivity contribution in [1.29, 1.82) is 0 Å². The second-order valence-corrected chi connectivity index (χ2v) is 5.77. The molecule has 1 aliphatic carbocycles. The molecule has 108 valence electrons. The molecule has 3 rings (SSSR count). The van der Waals surface area contributed by atoms with Crippen molar-refractivity contribution in [1.82, 2.24) is 0 Å². The lowest BCUT2D eigenvalue weighted by Gasteiger charge is -2.09. The van der Waals surface area contributed by atoms with Crippen LogP contribution in [0.5, 0.6) is 11.5 Å². The van der Waals surface area contributed by atoms with Gasteiger partial charge in [0.2, 0.25) is 5.91 Å². The van der Waals surface area contributed by atoms with Gasteiger partial charge in [0.1, 0.15) is 11.5 Å². The molecule has 0 aliphatic heterocycles. The number of hydrogen-bond donors (Lipinski definition) is 1. The molecule has 1 fully saturated rings. The van der Waals surface area contributed by atoms with E-state index in [4.69, 9.17) is 16.3 Å². The fourth-order valence-electron chi connectivity index (χ4n) is 2.18. The lowest BCUT2D eigenvalue weighted by atomic mass is 10.2. The molecule has 0 radical (unpaired) electrons. The number of amides is 1. The molecule has 0 bridgehead atoms. The quantitative estimate of drug-likeness (QED) is 0.887. The van der Waals surface area contributed by atoms with E-state index in [1.54, 1.807) is 6.07 Å². The van der Waals surface area contributed by atoms with Gasteiger partial charge in [-0.15, -0.1) is 0 Å². The van der Waals surface area contributed by atoms with E-state index in [9.17, 15) is 4.79 Å². The second-order valence-electron chi connectivity index (χ2n) is 5.37. The maximum absolute atomic E-state index is 11.8. The van der Waals surface area contributed by atoms with Gasteiger partial charge in [0.05, 0.1) is 5.02 Å². The summed E-state index contributed by atoms with van der Waals surface area (Å²) in [7, 11) is 0. The number of rotatable bonds is 4. The van der Waals surface area contributed by atoms with Crippen LogP contribution in [-0.2, 0) is 4.79 Å². The van der Waals surface area contributed by atoms with E-state index in [2.05, 4.69) is 12.2 Å². The third kappa shape index (κ3) is 3.37. The first kappa shape index (κ1) is 14.0. The normalized spacial score (nSPS) is 19.9. The molecule has 21 heavy (non-hydrogen) atoms. The number of ether oxygens (including phenoxy) is 1. The van der Waals surface area contributed by atoms with Crippen LogP contribution < -0.4 is 10.1 Å². The van der Waals surface area contributed by atoms with E-state index in [-0.39, 0.29) is 11.8 Å². The minimum atomic E-state index is 0.0993. The molecule has 1 saturated carbocycles. The summed E-state index contributed by atoms with van der Waals surface area (Å²) in [6.07, 6.45) is 0.986. The van der Waals surface area contributed by atoms with Gasteiger partial charge in [-0.1, -0.05) is 30.7 Å². The van der Waals surface area contributed by atoms with Gasteiger partial charge in [0, 0.05) is 11.6 Å². The Bertz CT molecular complexity index is 654. The summed E-state index contributed by atoms with van der Waals surface area (Å²) < 4.78 is 5.70. The first-order chi connectivity index (χ1) is 10.1. The summed E-state index contributed by atoms with van der Waals surface area (Å²) in [5, 5.41) is 3.48. The van der Waals surface area contributed by atoms with Gasteiger partial charge in [0.15, 0.2) is 0 Å². The summed E-state index contributed by atoms with van der Waals surface area (Å²) in [6.45, 7) is 2.09. The highest BCUT2D eigenvalue weighted by atomic mass is 35.5. The zero-order chi connectivity index (χ0) is 14.8. The summed E-state index contributed by atoms with van der Waals surface area (Å²) in [4.78, 5) is 11.8. The van der Waals surface area contributed by atoms with E-state index >= 15 is 0 Å². The monoisotopic (exact) mass is 301 g/mol. The van der Waals surface area contributed by atoms with Crippen LogP contribution in [0, 0.1) is 11.8 Å². The highest BCUT2D eigenvalue weighted by Gasteiger charge is 2.38. The number of halogens is 1. The zero-order valence-electron chi connectivity index (χ0n) is 11.7. The standard InChI is InChI=1S/C17H16ClNO2/c1-11-10-14(11)17(20)19-12-6-8-13(9-7-12)21-16-5-3-2-4-15(16)18/h2-9,11,14H,10H2,1H3,(H,19,20)/t11-,14+/m0/s1. The van der Waals surface area contributed by atoms with Crippen molar-refractivity contribution in [3.05, 3.63) is 53.6 Å². The van der Waals surface area contributed by atoms with E-state index < -0.39 is 0 Å². The Morgan fingerprint density at radius 1 is 1.19 bits per heavy atom. The molecule has 2 aromatic rings. The van der Waals surface area contributed by atoms with Gasteiger partial charge in [-0.05, 0) is 48.7 Å². The smallest absolute Gasteiger partial charge is 0.227 e. The van der Waals surface area contributed by atoms with Crippen LogP contribution in [0.1, 0.15) is 13.3 Å². The predicted molar refractivity (Wildman–Crippen MR) is 83.9 cm³/mol. The van der Waals surface area contributed by atoms with E-state index in [1.807, 2.05) is 42.5 Å². The third-order valence-electron chi connectivity index (χ3n) is 3.63. The Balaban J connectivity index is 1.64. The fraction of sp³-hybridized carbons (Fsp3) is 0.235. The van der Waals surface area contributed by atoms with Crippen molar-refractivity contribution < 1.29 is 9.53 Å². The first-order valence-corrected chi connectivity index (χ1v) is 7.34. The fourth-order valence-corrected chi connectivity index (χ4v) is 2.36. The average Bonchev–Trinajstić information content (AvgIpc) is 3.21. The molecule has 4 heteroatoms. The molecule has 0 aromatic heterocycles. The third-order valence-corrected chi connectivity index (χ3v) is 3.94. The minimum absolute atomic E-state index is 0.0993. The summed E-state index contributed by atoms with van der Waals surface area (Å²) >= 11 is 6.05. The summed E-state index contributed by atoms with van der Waals surface area (Å²) in [6, 6.07) is 14.6. The number of carbonyl (C=O) groups excluding carboxylic acids is 1. The SMILES string of the molecule is C[C@H]1C[C@H]1C(=O)Nc1ccc(Oc2ccccc2Cl)cc1. The molecular formula is C17H16ClNO2. The maximum Gasteiger partial charge on any atom is 0.227 e. The number of nitrogens with one attached hydrogen (secondary N) is 1. The predicted octanol–water partition coefficient (Wildman–Crippen LogP) is 4.73. The molecule has 0 unspecified atom stereocenters. The molecule has 2 aromatic carbocycles. The van der Waals surface area contributed by atoms with Crippen molar-refractivity contribution in [3.8, 4) is 11.5 Å². The van der Waals surface area contributed by atoms with Gasteiger partial charge >= 0.3 is 0 Å². The van der Waals surface area contributed by atoms with Crippen molar-refractivity contribution in [2.24, 2.45) is 11.8 Å². The molecule has 3 nitrogen and oxygen atoms in total. The van der Waals surface area contributed by atoms with Gasteiger partial charge in [-0.2, -0.15) is 0 Å². The molecule has 1 N–H and O–H groups in total. The topological polar surface area (TPSA) is 38.3 Å². The Morgan fingerprint density at radius 2 is 1.86 bits per heavy atom. The van der Waals surface area contributed by atoms with Gasteiger partial charge < -0.3 is 10.1 Å². The second kappa shape index (κ2) is 5.78. The number of benzene rings is 2. The van der Waals surface area contributed by atoms with Crippen molar-refractivity contribution in [3.63, 3.8) is 0 Å². The van der Waals surface area contributed by atoms with Crippen LogP contribution in [0.25, 0.3) is 0 Å². The Morgan fingerprint density at radius 3 is 2.48 bits per heavy atom. The average molecular weight is 302 g/mol. The van der Waals surface area contributed by atoms with Gasteiger partial charge in [0.25, 0.3) is 0 Å². The van der Waals surface area contributed by atoms with Crippen LogP contribution in [-0.4, -0.2) is 5.91 Å². The van der Waals surface area contributed by atoms with Crippen molar-refractivity contribution >= 4 is 23.2 Å². The summed E-state index contributed by atoms with van der Waals surface area (Å²) in [5.41, 5.74) is 0.783. The Labute approximate surface area is 128 Å². The number of carbonyl (C=O) groups is 1. The van der Waals surface area contributed by atoms with Crippen LogP contribution in [0.15, 0.2) is 48.5 Å². The van der Waals surface area contributed by atoms with Crippen LogP contribution in [0.4, 0.5) is 5.69 Å². The first-order valence-electron chi connectivity index (χ1n) is 6.97. The Hall–Kier alpha value is -2.00. The largest absolute Gasteiger partial charge is 0.456 e. The van der Waals surface area contributed by atoms with Gasteiger partial charge in [-0.25, -0.2) is 0 Å². The van der Waals surface area contributed by atoms with Crippen molar-refractivity contribution in [2.45, 2.75) is 13.3 Å². The van der Waals surface area contributed by atoms with Crippen LogP contribution in [0.2, 0.25) is 5.02 Å². The lowest BCUT2D eigenvalue weighted by Crippen LogP contribution is -2.14. The highest BCUT2D eigenvalue weighted by Crippen LogP contribution is 2.38. The minimum Gasteiger partial charge on any atom is -0.456 e. The molecule has 1 amide bonds. The molecule has 2 atom stereocenters. The molecule has 0 saturated heterocycles. The summed E-state index contributed by atoms with van der Waals surface area (Å²) in [5.74, 6) is 2.07. The molecule has 1 aliphatic rings. The highest BCUT2D eigenvalue weighted by molar-refractivity contribution is 6.32. The lowest BCUT2D eigenvalue weighted by molar-refractivity contribution is -0.117. The molecule has 0 spiro atoms. The van der Waals surface area contributed by atoms with E-state index in [0.29, 0.717) is 22.4 Å². The maximum atomic E-state index is 11.8. The van der Waals surface area contributed by atoms with E-state index in [0.717, 1.165) is 12.1 Å². The van der Waals surface area contributed by atoms with Crippen molar-refractivity contribution in [2.75, 3.05) is 5.32 Å². The van der Waals surface area contributed by atoms with Crippen LogP contribution >= 0.6 is 11.6 Å². The number of hydrogen-bond acceptors (Lipinski definition) is 2. The van der Waals surface area contributed by atoms with E-state index in [1.165, 1.54) is 0 Å². The number of para-hydroxylation sites is 1. The zero-order valence-corrected chi connectivity index (χ0v) is 12.4.